The topological polar surface area (TPSA) is 98.1 Å². The summed E-state index contributed by atoms with van der Waals surface area (Å²) in [5, 5.41) is 2.44. The highest BCUT2D eigenvalue weighted by atomic mass is 32.2. The predicted octanol–water partition coefficient (Wildman–Crippen LogP) is 3.07. The number of carbonyl (C=O) groups excluding carboxylic acids is 1. The van der Waals surface area contributed by atoms with E-state index in [0.717, 1.165) is 11.3 Å². The Morgan fingerprint density at radius 2 is 1.81 bits per heavy atom. The number of nitrogens with two attached hydrogens (primary N) is 2. The Morgan fingerprint density at radius 3 is 2.48 bits per heavy atom. The first-order chi connectivity index (χ1) is 13.1. The highest BCUT2D eigenvalue weighted by Gasteiger charge is 2.16. The summed E-state index contributed by atoms with van der Waals surface area (Å²) in [4.78, 5) is 24.1. The lowest BCUT2D eigenvalue weighted by Gasteiger charge is -2.22. The van der Waals surface area contributed by atoms with Crippen molar-refractivity contribution in [2.45, 2.75) is 18.1 Å². The molecule has 1 amide bonds. The van der Waals surface area contributed by atoms with E-state index in [2.05, 4.69) is 22.1 Å². The first kappa shape index (κ1) is 19.2. The molecule has 4 N–H and O–H groups in total. The summed E-state index contributed by atoms with van der Waals surface area (Å²) in [5.74, 6) is 0.881. The first-order valence-electron chi connectivity index (χ1n) is 8.47. The molecule has 140 valence electrons. The van der Waals surface area contributed by atoms with Crippen LogP contribution in [0.3, 0.4) is 0 Å². The van der Waals surface area contributed by atoms with Crippen LogP contribution < -0.4 is 11.5 Å². The third-order valence-electron chi connectivity index (χ3n) is 3.86. The summed E-state index contributed by atoms with van der Waals surface area (Å²) in [7, 11) is 0. The predicted molar refractivity (Wildman–Crippen MR) is 111 cm³/mol. The number of amides is 1. The van der Waals surface area contributed by atoms with Gasteiger partial charge in [0, 0.05) is 17.5 Å². The number of anilines is 2. The van der Waals surface area contributed by atoms with Gasteiger partial charge in [0.05, 0.1) is 12.3 Å². The fourth-order valence-corrected chi connectivity index (χ4v) is 4.03. The van der Waals surface area contributed by atoms with Gasteiger partial charge in [0.15, 0.2) is 5.16 Å². The van der Waals surface area contributed by atoms with Crippen molar-refractivity contribution in [1.82, 2.24) is 14.9 Å². The van der Waals surface area contributed by atoms with E-state index in [0.29, 0.717) is 29.9 Å². The number of hydrogen-bond donors (Lipinski definition) is 2. The van der Waals surface area contributed by atoms with Crippen molar-refractivity contribution in [1.29, 1.82) is 0 Å². The minimum Gasteiger partial charge on any atom is -0.383 e. The fraction of sp³-hybridized carbons (Fsp3) is 0.211. The highest BCUT2D eigenvalue weighted by Crippen LogP contribution is 2.19. The SMILES string of the molecule is Nc1cc(N)nc(SCC(=O)N(CCc2ccccc2)Cc2cccs2)n1. The van der Waals surface area contributed by atoms with Crippen molar-refractivity contribution in [2.75, 3.05) is 23.8 Å². The van der Waals surface area contributed by atoms with E-state index in [1.165, 1.54) is 23.4 Å². The number of thiophene rings is 1. The quantitative estimate of drug-likeness (QED) is 0.446. The van der Waals surface area contributed by atoms with Crippen LogP contribution in [0, 0.1) is 0 Å². The molecule has 1 aromatic carbocycles. The van der Waals surface area contributed by atoms with E-state index < -0.39 is 0 Å². The molecular formula is C19H21N5OS2. The van der Waals surface area contributed by atoms with Gasteiger partial charge in [-0.2, -0.15) is 0 Å². The van der Waals surface area contributed by atoms with Crippen molar-refractivity contribution in [3.63, 3.8) is 0 Å². The van der Waals surface area contributed by atoms with Crippen LogP contribution in [0.2, 0.25) is 0 Å². The molecule has 0 atom stereocenters. The fourth-order valence-electron chi connectivity index (χ4n) is 2.54. The van der Waals surface area contributed by atoms with Crippen molar-refractivity contribution in [3.05, 3.63) is 64.4 Å². The molecule has 0 bridgehead atoms. The largest absolute Gasteiger partial charge is 0.383 e. The Bertz CT molecular complexity index is 851. The summed E-state index contributed by atoms with van der Waals surface area (Å²) in [6, 6.07) is 15.7. The highest BCUT2D eigenvalue weighted by molar-refractivity contribution is 7.99. The van der Waals surface area contributed by atoms with Gasteiger partial charge in [0.1, 0.15) is 11.6 Å². The second-order valence-corrected chi connectivity index (χ2v) is 7.89. The molecule has 0 saturated carbocycles. The van der Waals surface area contributed by atoms with Crippen LogP contribution in [-0.2, 0) is 17.8 Å². The van der Waals surface area contributed by atoms with E-state index in [1.54, 1.807) is 11.3 Å². The van der Waals surface area contributed by atoms with Crippen molar-refractivity contribution in [2.24, 2.45) is 0 Å². The first-order valence-corrected chi connectivity index (χ1v) is 10.3. The molecule has 2 aromatic heterocycles. The number of thioether (sulfide) groups is 1. The molecule has 0 unspecified atom stereocenters. The van der Waals surface area contributed by atoms with Crippen LogP contribution >= 0.6 is 23.1 Å². The molecular weight excluding hydrogens is 378 g/mol. The van der Waals surface area contributed by atoms with Gasteiger partial charge in [0.2, 0.25) is 5.91 Å². The maximum absolute atomic E-state index is 12.8. The van der Waals surface area contributed by atoms with Crippen LogP contribution in [0.25, 0.3) is 0 Å². The van der Waals surface area contributed by atoms with Crippen LogP contribution in [0.15, 0.2) is 59.1 Å². The van der Waals surface area contributed by atoms with Crippen molar-refractivity contribution in [3.8, 4) is 0 Å². The van der Waals surface area contributed by atoms with Crippen LogP contribution in [-0.4, -0.2) is 33.1 Å². The minimum atomic E-state index is 0.0360. The average Bonchev–Trinajstić information content (AvgIpc) is 3.16. The molecule has 3 rings (SSSR count). The lowest BCUT2D eigenvalue weighted by molar-refractivity contribution is -0.128. The van der Waals surface area contributed by atoms with Crippen LogP contribution in [0.4, 0.5) is 11.6 Å². The molecule has 8 heteroatoms. The molecule has 0 aliphatic heterocycles. The second-order valence-electron chi connectivity index (χ2n) is 5.92. The normalized spacial score (nSPS) is 10.7. The molecule has 0 aliphatic rings. The minimum absolute atomic E-state index is 0.0360. The van der Waals surface area contributed by atoms with Gasteiger partial charge < -0.3 is 16.4 Å². The zero-order valence-corrected chi connectivity index (χ0v) is 16.4. The number of hydrogen-bond acceptors (Lipinski definition) is 7. The molecule has 0 spiro atoms. The molecule has 27 heavy (non-hydrogen) atoms. The van der Waals surface area contributed by atoms with Gasteiger partial charge in [-0.1, -0.05) is 48.2 Å². The third kappa shape index (κ3) is 5.97. The number of rotatable bonds is 8. The van der Waals surface area contributed by atoms with E-state index in [9.17, 15) is 4.79 Å². The lowest BCUT2D eigenvalue weighted by Crippen LogP contribution is -2.33. The summed E-state index contributed by atoms with van der Waals surface area (Å²) in [6.45, 7) is 1.26. The summed E-state index contributed by atoms with van der Waals surface area (Å²) < 4.78 is 0. The Kier molecular flexibility index (Phi) is 6.67. The molecule has 0 radical (unpaired) electrons. The van der Waals surface area contributed by atoms with Crippen LogP contribution in [0.5, 0.6) is 0 Å². The zero-order chi connectivity index (χ0) is 19.1. The van der Waals surface area contributed by atoms with Gasteiger partial charge in [-0.3, -0.25) is 4.79 Å². The Labute approximate surface area is 166 Å². The zero-order valence-electron chi connectivity index (χ0n) is 14.7. The van der Waals surface area contributed by atoms with Gasteiger partial charge >= 0.3 is 0 Å². The number of benzene rings is 1. The van der Waals surface area contributed by atoms with Gasteiger partial charge in [-0.05, 0) is 23.4 Å². The van der Waals surface area contributed by atoms with Gasteiger partial charge in [-0.25, -0.2) is 9.97 Å². The Morgan fingerprint density at radius 1 is 1.07 bits per heavy atom. The number of nitrogens with zero attached hydrogens (tertiary/aromatic N) is 3. The number of aromatic nitrogens is 2. The smallest absolute Gasteiger partial charge is 0.233 e. The van der Waals surface area contributed by atoms with Crippen molar-refractivity contribution >= 4 is 40.6 Å². The molecule has 0 saturated heterocycles. The van der Waals surface area contributed by atoms with E-state index in [1.807, 2.05) is 40.6 Å². The Balaban J connectivity index is 1.64. The molecule has 0 aliphatic carbocycles. The van der Waals surface area contributed by atoms with Gasteiger partial charge in [-0.15, -0.1) is 11.3 Å². The summed E-state index contributed by atoms with van der Waals surface area (Å²) in [5.41, 5.74) is 12.6. The Hall–Kier alpha value is -2.58. The maximum atomic E-state index is 12.8. The second kappa shape index (κ2) is 9.38. The number of nitrogen functional groups attached to an aromatic ring is 2. The molecule has 3 aromatic rings. The lowest BCUT2D eigenvalue weighted by atomic mass is 10.1. The summed E-state index contributed by atoms with van der Waals surface area (Å²) >= 11 is 2.90. The average molecular weight is 400 g/mol. The van der Waals surface area contributed by atoms with E-state index >= 15 is 0 Å². The molecule has 2 heterocycles. The molecule has 6 nitrogen and oxygen atoms in total. The number of carbonyl (C=O) groups is 1. The summed E-state index contributed by atoms with van der Waals surface area (Å²) in [6.07, 6.45) is 0.810. The standard InChI is InChI=1S/C19H21N5OS2/c20-16-11-17(21)23-19(22-16)27-13-18(25)24(12-15-7-4-10-26-15)9-8-14-5-2-1-3-6-14/h1-7,10-11H,8-9,12-13H2,(H4,20,21,22,23). The van der Waals surface area contributed by atoms with E-state index in [4.69, 9.17) is 11.5 Å². The maximum Gasteiger partial charge on any atom is 0.233 e. The van der Waals surface area contributed by atoms with Gasteiger partial charge in [0.25, 0.3) is 0 Å². The van der Waals surface area contributed by atoms with Crippen LogP contribution in [0.1, 0.15) is 10.4 Å². The van der Waals surface area contributed by atoms with E-state index in [-0.39, 0.29) is 11.7 Å². The van der Waals surface area contributed by atoms with Crippen molar-refractivity contribution < 1.29 is 4.79 Å². The molecule has 0 fully saturated rings. The monoisotopic (exact) mass is 399 g/mol. The third-order valence-corrected chi connectivity index (χ3v) is 5.56.